The second kappa shape index (κ2) is 6.14. The smallest absolute Gasteiger partial charge is 0.378 e. The topological polar surface area (TPSA) is 21.3 Å². The van der Waals surface area contributed by atoms with E-state index in [1.54, 1.807) is 0 Å². The fourth-order valence-electron chi connectivity index (χ4n) is 2.51. The molecule has 0 aromatic heterocycles. The first-order valence-corrected chi connectivity index (χ1v) is 6.87. The number of nitrogens with one attached hydrogen (secondary N) is 1. The minimum Gasteiger partial charge on any atom is -0.378 e. The summed E-state index contributed by atoms with van der Waals surface area (Å²) in [6.45, 7) is 5.45. The van der Waals surface area contributed by atoms with Crippen LogP contribution in [0.2, 0.25) is 0 Å². The van der Waals surface area contributed by atoms with Gasteiger partial charge in [0.05, 0.1) is 24.8 Å². The van der Waals surface area contributed by atoms with E-state index in [9.17, 15) is 13.2 Å². The molecule has 1 saturated heterocycles. The molecule has 1 aromatic rings. The molecule has 0 aliphatic carbocycles. The molecule has 1 fully saturated rings. The van der Waals surface area contributed by atoms with Crippen molar-refractivity contribution in [1.29, 1.82) is 0 Å². The highest BCUT2D eigenvalue weighted by Crippen LogP contribution is 2.30. The SMILES string of the molecule is CC(C)C[C@@H]1COC[C@H](c2ccc(C(F)(F)F)cc2)N1. The molecule has 1 heterocycles. The van der Waals surface area contributed by atoms with E-state index in [1.807, 2.05) is 0 Å². The van der Waals surface area contributed by atoms with Crippen LogP contribution in [0.15, 0.2) is 24.3 Å². The van der Waals surface area contributed by atoms with Crippen LogP contribution in [0, 0.1) is 5.92 Å². The van der Waals surface area contributed by atoms with Gasteiger partial charge in [0, 0.05) is 6.04 Å². The Balaban J connectivity index is 2.04. The average molecular weight is 287 g/mol. The molecule has 112 valence electrons. The summed E-state index contributed by atoms with van der Waals surface area (Å²) in [6.07, 6.45) is -3.29. The number of morpholine rings is 1. The third kappa shape index (κ3) is 3.96. The van der Waals surface area contributed by atoms with Crippen LogP contribution < -0.4 is 5.32 Å². The lowest BCUT2D eigenvalue weighted by Gasteiger charge is -2.32. The third-order valence-corrected chi connectivity index (χ3v) is 3.44. The zero-order chi connectivity index (χ0) is 14.8. The molecule has 0 unspecified atom stereocenters. The lowest BCUT2D eigenvalue weighted by atomic mass is 9.99. The summed E-state index contributed by atoms with van der Waals surface area (Å²) < 4.78 is 43.1. The fraction of sp³-hybridized carbons (Fsp3) is 0.600. The van der Waals surface area contributed by atoms with Gasteiger partial charge in [-0.15, -0.1) is 0 Å². The predicted octanol–water partition coefficient (Wildman–Crippen LogP) is 3.78. The summed E-state index contributed by atoms with van der Waals surface area (Å²) in [6, 6.07) is 5.54. The van der Waals surface area contributed by atoms with Gasteiger partial charge in [0.2, 0.25) is 0 Å². The molecule has 1 aromatic carbocycles. The number of hydrogen-bond acceptors (Lipinski definition) is 2. The monoisotopic (exact) mass is 287 g/mol. The van der Waals surface area contributed by atoms with Crippen LogP contribution in [0.1, 0.15) is 37.4 Å². The van der Waals surface area contributed by atoms with Crippen LogP contribution in [0.25, 0.3) is 0 Å². The van der Waals surface area contributed by atoms with Crippen LogP contribution in [0.3, 0.4) is 0 Å². The number of hydrogen-bond donors (Lipinski definition) is 1. The molecule has 2 nitrogen and oxygen atoms in total. The average Bonchev–Trinajstić information content (AvgIpc) is 2.37. The standard InChI is InChI=1S/C15H20F3NO/c1-10(2)7-13-8-20-9-14(19-13)11-3-5-12(6-4-11)15(16,17)18/h3-6,10,13-14,19H,7-9H2,1-2H3/t13-,14-/m1/s1. The molecule has 5 heteroatoms. The van der Waals surface area contributed by atoms with E-state index in [0.29, 0.717) is 19.1 Å². The predicted molar refractivity (Wildman–Crippen MR) is 71.4 cm³/mol. The molecule has 2 atom stereocenters. The summed E-state index contributed by atoms with van der Waals surface area (Å²) in [7, 11) is 0. The van der Waals surface area contributed by atoms with E-state index in [4.69, 9.17) is 4.74 Å². The number of ether oxygens (including phenoxy) is 1. The summed E-state index contributed by atoms with van der Waals surface area (Å²) in [5.41, 5.74) is 0.225. The molecule has 0 saturated carbocycles. The van der Waals surface area contributed by atoms with Crippen molar-refractivity contribution in [2.24, 2.45) is 5.92 Å². The largest absolute Gasteiger partial charge is 0.416 e. The van der Waals surface area contributed by atoms with Crippen LogP contribution in [0.4, 0.5) is 13.2 Å². The first-order valence-electron chi connectivity index (χ1n) is 6.87. The molecule has 0 spiro atoms. The summed E-state index contributed by atoms with van der Waals surface area (Å²) in [5.74, 6) is 0.558. The van der Waals surface area contributed by atoms with E-state index in [2.05, 4.69) is 19.2 Å². The zero-order valence-corrected chi connectivity index (χ0v) is 11.7. The lowest BCUT2D eigenvalue weighted by Crippen LogP contribution is -2.44. The molecule has 2 rings (SSSR count). The van der Waals surface area contributed by atoms with Gasteiger partial charge in [0.1, 0.15) is 0 Å². The number of alkyl halides is 3. The maximum atomic E-state index is 12.5. The van der Waals surface area contributed by atoms with Crippen molar-refractivity contribution in [3.05, 3.63) is 35.4 Å². The van der Waals surface area contributed by atoms with Gasteiger partial charge in [-0.25, -0.2) is 0 Å². The van der Waals surface area contributed by atoms with E-state index >= 15 is 0 Å². The highest BCUT2D eigenvalue weighted by molar-refractivity contribution is 5.27. The van der Waals surface area contributed by atoms with Crippen molar-refractivity contribution in [3.63, 3.8) is 0 Å². The minimum atomic E-state index is -4.28. The van der Waals surface area contributed by atoms with Gasteiger partial charge in [0.25, 0.3) is 0 Å². The van der Waals surface area contributed by atoms with Gasteiger partial charge in [-0.3, -0.25) is 0 Å². The van der Waals surface area contributed by atoms with Crippen LogP contribution in [-0.4, -0.2) is 19.3 Å². The Kier molecular flexibility index (Phi) is 4.70. The minimum absolute atomic E-state index is 0.0326. The normalized spacial score (nSPS) is 24.1. The van der Waals surface area contributed by atoms with E-state index < -0.39 is 11.7 Å². The van der Waals surface area contributed by atoms with Crippen LogP contribution in [0.5, 0.6) is 0 Å². The maximum absolute atomic E-state index is 12.5. The Morgan fingerprint density at radius 1 is 1.20 bits per heavy atom. The molecule has 1 N–H and O–H groups in total. The Hall–Kier alpha value is -1.07. The Morgan fingerprint density at radius 3 is 2.40 bits per heavy atom. The van der Waals surface area contributed by atoms with Crippen LogP contribution >= 0.6 is 0 Å². The lowest BCUT2D eigenvalue weighted by molar-refractivity contribution is -0.137. The number of rotatable bonds is 3. The summed E-state index contributed by atoms with van der Waals surface area (Å²) in [5, 5.41) is 3.45. The van der Waals surface area contributed by atoms with Gasteiger partial charge in [-0.2, -0.15) is 13.2 Å². The van der Waals surface area contributed by atoms with Gasteiger partial charge in [-0.1, -0.05) is 26.0 Å². The van der Waals surface area contributed by atoms with E-state index in [1.165, 1.54) is 12.1 Å². The zero-order valence-electron chi connectivity index (χ0n) is 11.7. The van der Waals surface area contributed by atoms with Gasteiger partial charge in [0.15, 0.2) is 0 Å². The molecule has 0 radical (unpaired) electrons. The molecule has 0 amide bonds. The first kappa shape index (κ1) is 15.3. The molecule has 0 bridgehead atoms. The highest BCUT2D eigenvalue weighted by atomic mass is 19.4. The fourth-order valence-corrected chi connectivity index (χ4v) is 2.51. The second-order valence-corrected chi connectivity index (χ2v) is 5.70. The van der Waals surface area contributed by atoms with Crippen molar-refractivity contribution in [2.75, 3.05) is 13.2 Å². The molecule has 1 aliphatic heterocycles. The maximum Gasteiger partial charge on any atom is 0.416 e. The van der Waals surface area contributed by atoms with Crippen molar-refractivity contribution < 1.29 is 17.9 Å². The van der Waals surface area contributed by atoms with Gasteiger partial charge in [-0.05, 0) is 30.0 Å². The first-order chi connectivity index (χ1) is 9.36. The third-order valence-electron chi connectivity index (χ3n) is 3.44. The number of benzene rings is 1. The molecule has 20 heavy (non-hydrogen) atoms. The Labute approximate surface area is 117 Å². The Morgan fingerprint density at radius 2 is 1.85 bits per heavy atom. The van der Waals surface area contributed by atoms with Gasteiger partial charge < -0.3 is 10.1 Å². The summed E-state index contributed by atoms with van der Waals surface area (Å²) >= 11 is 0. The van der Waals surface area contributed by atoms with Crippen molar-refractivity contribution in [2.45, 2.75) is 38.5 Å². The molecular weight excluding hydrogens is 267 g/mol. The van der Waals surface area contributed by atoms with Crippen LogP contribution in [-0.2, 0) is 10.9 Å². The Bertz CT molecular complexity index is 428. The van der Waals surface area contributed by atoms with E-state index in [-0.39, 0.29) is 12.1 Å². The highest BCUT2D eigenvalue weighted by Gasteiger charge is 2.30. The molecule has 1 aliphatic rings. The summed E-state index contributed by atoms with van der Waals surface area (Å²) in [4.78, 5) is 0. The van der Waals surface area contributed by atoms with Crippen molar-refractivity contribution in [1.82, 2.24) is 5.32 Å². The van der Waals surface area contributed by atoms with Crippen molar-refractivity contribution >= 4 is 0 Å². The van der Waals surface area contributed by atoms with E-state index in [0.717, 1.165) is 24.1 Å². The second-order valence-electron chi connectivity index (χ2n) is 5.70. The molecular formula is C15H20F3NO. The number of halogens is 3. The quantitative estimate of drug-likeness (QED) is 0.913. The van der Waals surface area contributed by atoms with Gasteiger partial charge >= 0.3 is 6.18 Å². The van der Waals surface area contributed by atoms with Crippen molar-refractivity contribution in [3.8, 4) is 0 Å².